The van der Waals surface area contributed by atoms with Crippen molar-refractivity contribution in [3.05, 3.63) is 66.1 Å². The van der Waals surface area contributed by atoms with Gasteiger partial charge in [0, 0.05) is 42.5 Å². The number of rotatable bonds is 6. The Kier molecular flexibility index (Phi) is 6.51. The van der Waals surface area contributed by atoms with Crippen LogP contribution in [-0.4, -0.2) is 45.0 Å². The van der Waals surface area contributed by atoms with Crippen LogP contribution in [0.2, 0.25) is 0 Å². The molecule has 9 nitrogen and oxygen atoms in total. The predicted octanol–water partition coefficient (Wildman–Crippen LogP) is 3.72. The fraction of sp³-hybridized carbons (Fsp3) is 0.273. The minimum absolute atomic E-state index is 0.0334. The monoisotopic (exact) mass is 471 g/mol. The number of carboxylic acid groups (broad SMARTS) is 1. The van der Waals surface area contributed by atoms with Crippen LogP contribution in [0.4, 0.5) is 9.18 Å². The van der Waals surface area contributed by atoms with E-state index < -0.39 is 33.0 Å². The number of aromatic nitrogens is 3. The number of nitriles is 1. The molecule has 1 amide bonds. The van der Waals surface area contributed by atoms with Crippen LogP contribution in [0.5, 0.6) is 0 Å². The van der Waals surface area contributed by atoms with Gasteiger partial charge in [-0.2, -0.15) is 5.26 Å². The summed E-state index contributed by atoms with van der Waals surface area (Å²) >= 11 is 0. The quantitative estimate of drug-likeness (QED) is 0.580. The maximum Gasteiger partial charge on any atom is 0.407 e. The lowest BCUT2D eigenvalue weighted by Gasteiger charge is -2.27. The van der Waals surface area contributed by atoms with Gasteiger partial charge in [0.15, 0.2) is 5.82 Å². The van der Waals surface area contributed by atoms with Crippen LogP contribution in [0.25, 0.3) is 11.3 Å². The molecule has 172 valence electrons. The first-order valence-corrected chi connectivity index (χ1v) is 11.3. The Hall–Kier alpha value is -3.78. The second kappa shape index (κ2) is 8.99. The van der Waals surface area contributed by atoms with Gasteiger partial charge in [0.05, 0.1) is 6.54 Å². The van der Waals surface area contributed by atoms with E-state index in [0.29, 0.717) is 3.97 Å². The Balaban J connectivity index is 2.25. The van der Waals surface area contributed by atoms with Crippen LogP contribution in [0, 0.1) is 22.6 Å². The molecule has 0 aliphatic heterocycles. The van der Waals surface area contributed by atoms with E-state index >= 15 is 4.39 Å². The van der Waals surface area contributed by atoms with Crippen molar-refractivity contribution in [2.24, 2.45) is 5.41 Å². The molecule has 0 atom stereocenters. The normalized spacial score (nSPS) is 11.7. The Labute approximate surface area is 190 Å². The number of carbonyl (C=O) groups is 1. The second-order valence-corrected chi connectivity index (χ2v) is 10.3. The molecule has 1 N–H and O–H groups in total. The minimum Gasteiger partial charge on any atom is -0.465 e. The van der Waals surface area contributed by atoms with E-state index in [4.69, 9.17) is 0 Å². The Morgan fingerprint density at radius 1 is 1.27 bits per heavy atom. The van der Waals surface area contributed by atoms with Crippen molar-refractivity contribution in [3.63, 3.8) is 0 Å². The van der Waals surface area contributed by atoms with E-state index in [1.165, 1.54) is 36.7 Å². The highest BCUT2D eigenvalue weighted by molar-refractivity contribution is 7.90. The SMILES string of the molecule is CC(C)(C)CN(Cc1cn(S(=O)(=O)c2cccnc2)c(-c2cccnc2C#N)c1F)C(=O)O. The number of halogens is 1. The number of nitrogens with zero attached hydrogens (tertiary/aromatic N) is 5. The summed E-state index contributed by atoms with van der Waals surface area (Å²) in [7, 11) is -4.32. The van der Waals surface area contributed by atoms with E-state index in [1.54, 1.807) is 0 Å². The van der Waals surface area contributed by atoms with Crippen molar-refractivity contribution >= 4 is 16.1 Å². The molecular formula is C22H22FN5O4S. The molecule has 0 aromatic carbocycles. The van der Waals surface area contributed by atoms with Gasteiger partial charge >= 0.3 is 6.09 Å². The molecule has 3 rings (SSSR count). The number of amides is 1. The van der Waals surface area contributed by atoms with Crippen LogP contribution in [0.1, 0.15) is 32.0 Å². The molecule has 0 saturated heterocycles. The molecule has 3 aromatic heterocycles. The van der Waals surface area contributed by atoms with Crippen molar-refractivity contribution in [1.82, 2.24) is 18.8 Å². The van der Waals surface area contributed by atoms with Crippen LogP contribution in [-0.2, 0) is 16.6 Å². The van der Waals surface area contributed by atoms with Crippen LogP contribution in [0.15, 0.2) is 53.9 Å². The van der Waals surface area contributed by atoms with Crippen molar-refractivity contribution in [1.29, 1.82) is 5.26 Å². The van der Waals surface area contributed by atoms with Gasteiger partial charge < -0.3 is 10.0 Å². The summed E-state index contributed by atoms with van der Waals surface area (Å²) in [4.78, 5) is 20.3. The third-order valence-corrected chi connectivity index (χ3v) is 6.28. The van der Waals surface area contributed by atoms with Gasteiger partial charge in [0.25, 0.3) is 10.0 Å². The number of hydrogen-bond acceptors (Lipinski definition) is 6. The number of hydrogen-bond donors (Lipinski definition) is 1. The summed E-state index contributed by atoms with van der Waals surface area (Å²) in [5.41, 5.74) is -1.18. The minimum atomic E-state index is -4.32. The summed E-state index contributed by atoms with van der Waals surface area (Å²) < 4.78 is 43.2. The van der Waals surface area contributed by atoms with Crippen LogP contribution in [0.3, 0.4) is 0 Å². The first-order chi connectivity index (χ1) is 15.5. The summed E-state index contributed by atoms with van der Waals surface area (Å²) in [6, 6.07) is 7.40. The fourth-order valence-corrected chi connectivity index (χ4v) is 4.67. The van der Waals surface area contributed by atoms with Gasteiger partial charge in [-0.05, 0) is 29.7 Å². The first kappa shape index (κ1) is 23.9. The first-order valence-electron chi connectivity index (χ1n) is 9.84. The highest BCUT2D eigenvalue weighted by Crippen LogP contribution is 2.33. The molecule has 0 fully saturated rings. The Morgan fingerprint density at radius 2 is 1.97 bits per heavy atom. The average Bonchev–Trinajstić information content (AvgIpc) is 3.09. The van der Waals surface area contributed by atoms with Crippen LogP contribution >= 0.6 is 0 Å². The van der Waals surface area contributed by atoms with Crippen LogP contribution < -0.4 is 0 Å². The number of pyridine rings is 2. The van der Waals surface area contributed by atoms with Crippen molar-refractivity contribution < 1.29 is 22.7 Å². The molecule has 0 spiro atoms. The molecule has 3 aromatic rings. The zero-order chi connectivity index (χ0) is 24.4. The van der Waals surface area contributed by atoms with Gasteiger partial charge in [0.1, 0.15) is 22.4 Å². The molecule has 33 heavy (non-hydrogen) atoms. The zero-order valence-corrected chi connectivity index (χ0v) is 19.0. The van der Waals surface area contributed by atoms with Gasteiger partial charge in [-0.1, -0.05) is 20.8 Å². The highest BCUT2D eigenvalue weighted by atomic mass is 32.2. The van der Waals surface area contributed by atoms with E-state index in [2.05, 4.69) is 9.97 Å². The zero-order valence-electron chi connectivity index (χ0n) is 18.2. The third-order valence-electron chi connectivity index (χ3n) is 4.64. The summed E-state index contributed by atoms with van der Waals surface area (Å²) in [5.74, 6) is -0.952. The van der Waals surface area contributed by atoms with E-state index in [0.717, 1.165) is 17.3 Å². The smallest absolute Gasteiger partial charge is 0.407 e. The van der Waals surface area contributed by atoms with Gasteiger partial charge in [-0.3, -0.25) is 4.98 Å². The predicted molar refractivity (Wildman–Crippen MR) is 117 cm³/mol. The van der Waals surface area contributed by atoms with Crippen molar-refractivity contribution in [2.75, 3.05) is 6.54 Å². The van der Waals surface area contributed by atoms with Gasteiger partial charge in [-0.25, -0.2) is 26.6 Å². The summed E-state index contributed by atoms with van der Waals surface area (Å²) in [5, 5.41) is 19.1. The maximum absolute atomic E-state index is 15.7. The lowest BCUT2D eigenvalue weighted by Crippen LogP contribution is -2.36. The lowest BCUT2D eigenvalue weighted by atomic mass is 9.96. The maximum atomic E-state index is 15.7. The summed E-state index contributed by atoms with van der Waals surface area (Å²) in [6.45, 7) is 5.20. The molecule has 0 radical (unpaired) electrons. The molecule has 0 bridgehead atoms. The van der Waals surface area contributed by atoms with E-state index in [1.807, 2.05) is 26.8 Å². The molecule has 0 saturated carbocycles. The van der Waals surface area contributed by atoms with Crippen molar-refractivity contribution in [2.45, 2.75) is 32.2 Å². The molecule has 0 unspecified atom stereocenters. The second-order valence-electron chi connectivity index (χ2n) is 8.52. The third kappa shape index (κ3) is 5.01. The van der Waals surface area contributed by atoms with Gasteiger partial charge in [-0.15, -0.1) is 0 Å². The average molecular weight is 472 g/mol. The van der Waals surface area contributed by atoms with Crippen molar-refractivity contribution in [3.8, 4) is 17.3 Å². The standard InChI is InChI=1S/C22H22FN5O4S/c1-22(2,3)14-27(21(29)30)12-15-13-28(33(31,32)16-6-4-8-25-11-16)20(19(15)23)17-7-5-9-26-18(17)10-24/h4-9,11,13H,12,14H2,1-3H3,(H,29,30). The summed E-state index contributed by atoms with van der Waals surface area (Å²) in [6.07, 6.45) is 3.62. The van der Waals surface area contributed by atoms with E-state index in [-0.39, 0.29) is 34.8 Å². The Morgan fingerprint density at radius 3 is 2.55 bits per heavy atom. The largest absolute Gasteiger partial charge is 0.465 e. The molecule has 0 aliphatic carbocycles. The molecule has 11 heteroatoms. The highest BCUT2D eigenvalue weighted by Gasteiger charge is 2.30. The lowest BCUT2D eigenvalue weighted by molar-refractivity contribution is 0.122. The molecular weight excluding hydrogens is 449 g/mol. The van der Waals surface area contributed by atoms with E-state index in [9.17, 15) is 23.6 Å². The van der Waals surface area contributed by atoms with Gasteiger partial charge in [0.2, 0.25) is 0 Å². The molecule has 3 heterocycles. The Bertz CT molecular complexity index is 1330. The molecule has 0 aliphatic rings. The topological polar surface area (TPSA) is 129 Å². The fourth-order valence-electron chi connectivity index (χ4n) is 3.32.